The van der Waals surface area contributed by atoms with Crippen LogP contribution in [0.4, 0.5) is 4.39 Å². The minimum Gasteiger partial charge on any atom is -0.486 e. The van der Waals surface area contributed by atoms with E-state index in [1.807, 2.05) is 32.0 Å². The summed E-state index contributed by atoms with van der Waals surface area (Å²) in [5.74, 6) is -0.246. The largest absolute Gasteiger partial charge is 0.486 e. The molecule has 2 atom stereocenters. The van der Waals surface area contributed by atoms with Crippen molar-refractivity contribution in [3.8, 4) is 5.75 Å². The number of carbonyl (C=O) groups is 1. The number of amides is 1. The van der Waals surface area contributed by atoms with Crippen LogP contribution < -0.4 is 4.74 Å². The molecule has 3 rings (SSSR count). The maximum atomic E-state index is 13.5. The number of nitrogens with zero attached hydrogens (tertiary/aromatic N) is 1. The first-order chi connectivity index (χ1) is 11.8. The first-order valence-corrected chi connectivity index (χ1v) is 8.80. The van der Waals surface area contributed by atoms with E-state index in [4.69, 9.17) is 4.74 Å². The smallest absolute Gasteiger partial charge is 0.254 e. The van der Waals surface area contributed by atoms with E-state index in [0.717, 1.165) is 11.1 Å². The van der Waals surface area contributed by atoms with Crippen LogP contribution in [0.1, 0.15) is 21.5 Å². The van der Waals surface area contributed by atoms with Gasteiger partial charge in [0, 0.05) is 16.1 Å². The van der Waals surface area contributed by atoms with Crippen molar-refractivity contribution in [3.63, 3.8) is 0 Å². The summed E-state index contributed by atoms with van der Waals surface area (Å²) >= 11 is 3.21. The third-order valence-corrected chi connectivity index (χ3v) is 4.73. The average Bonchev–Trinajstić information content (AvgIpc) is 2.89. The van der Waals surface area contributed by atoms with E-state index in [9.17, 15) is 14.3 Å². The van der Waals surface area contributed by atoms with Crippen LogP contribution in [0.25, 0.3) is 0 Å². The molecule has 0 bridgehead atoms. The summed E-state index contributed by atoms with van der Waals surface area (Å²) in [6.45, 7) is 4.26. The van der Waals surface area contributed by atoms with Gasteiger partial charge in [-0.15, -0.1) is 0 Å². The molecule has 1 aliphatic rings. The Hall–Kier alpha value is -1.92. The van der Waals surface area contributed by atoms with Gasteiger partial charge in [0.1, 0.15) is 23.8 Å². The van der Waals surface area contributed by atoms with Gasteiger partial charge in [0.05, 0.1) is 13.1 Å². The second-order valence-electron chi connectivity index (χ2n) is 6.36. The summed E-state index contributed by atoms with van der Waals surface area (Å²) in [5.41, 5.74) is 2.52. The Morgan fingerprint density at radius 1 is 1.24 bits per heavy atom. The molecule has 1 amide bonds. The zero-order valence-electron chi connectivity index (χ0n) is 14.0. The lowest BCUT2D eigenvalue weighted by molar-refractivity contribution is 0.0727. The molecular formula is C19H19BrFNO3. The van der Waals surface area contributed by atoms with Crippen LogP contribution in [-0.4, -0.2) is 41.2 Å². The fourth-order valence-electron chi connectivity index (χ4n) is 2.95. The summed E-state index contributed by atoms with van der Waals surface area (Å²) in [6.07, 6.45) is -1.42. The molecule has 0 aromatic heterocycles. The topological polar surface area (TPSA) is 49.8 Å². The molecule has 0 unspecified atom stereocenters. The standard InChI is InChI=1S/C19H19BrFNO3/c1-11-3-4-12(2)16(5-11)19(24)22-9-17(23)18(10-22)25-15-7-13(20)6-14(21)8-15/h3-8,17-18,23H,9-10H2,1-2H3/t17-,18-/m1/s1. The normalized spacial score (nSPS) is 20.0. The molecule has 0 aliphatic carbocycles. The number of aryl methyl sites for hydroxylation is 2. The van der Waals surface area contributed by atoms with E-state index in [1.54, 1.807) is 11.0 Å². The number of likely N-dealkylation sites (tertiary alicyclic amines) is 1. The molecule has 2 aromatic carbocycles. The molecule has 0 radical (unpaired) electrons. The highest BCUT2D eigenvalue weighted by Gasteiger charge is 2.36. The molecular weight excluding hydrogens is 389 g/mol. The van der Waals surface area contributed by atoms with Crippen molar-refractivity contribution in [2.75, 3.05) is 13.1 Å². The minimum atomic E-state index is -0.823. The lowest BCUT2D eigenvalue weighted by atomic mass is 10.0. The number of hydrogen-bond acceptors (Lipinski definition) is 3. The molecule has 1 saturated heterocycles. The molecule has 2 aromatic rings. The zero-order chi connectivity index (χ0) is 18.1. The molecule has 1 fully saturated rings. The van der Waals surface area contributed by atoms with Crippen LogP contribution >= 0.6 is 15.9 Å². The van der Waals surface area contributed by atoms with Crippen molar-refractivity contribution in [1.82, 2.24) is 4.90 Å². The van der Waals surface area contributed by atoms with E-state index >= 15 is 0 Å². The van der Waals surface area contributed by atoms with E-state index in [-0.39, 0.29) is 19.0 Å². The first-order valence-electron chi connectivity index (χ1n) is 8.01. The Labute approximate surface area is 154 Å². The molecule has 132 valence electrons. The Morgan fingerprint density at radius 2 is 2.00 bits per heavy atom. The van der Waals surface area contributed by atoms with Crippen LogP contribution in [0.3, 0.4) is 0 Å². The van der Waals surface area contributed by atoms with Gasteiger partial charge in [-0.25, -0.2) is 4.39 Å². The highest BCUT2D eigenvalue weighted by molar-refractivity contribution is 9.10. The second-order valence-corrected chi connectivity index (χ2v) is 7.27. The number of rotatable bonds is 3. The predicted octanol–water partition coefficient (Wildman–Crippen LogP) is 3.47. The molecule has 6 heteroatoms. The van der Waals surface area contributed by atoms with Gasteiger partial charge in [-0.2, -0.15) is 0 Å². The lowest BCUT2D eigenvalue weighted by Crippen LogP contribution is -2.31. The number of aliphatic hydroxyl groups is 1. The van der Waals surface area contributed by atoms with Gasteiger partial charge in [0.2, 0.25) is 0 Å². The highest BCUT2D eigenvalue weighted by atomic mass is 79.9. The molecule has 4 nitrogen and oxygen atoms in total. The molecule has 25 heavy (non-hydrogen) atoms. The second kappa shape index (κ2) is 7.14. The Bertz CT molecular complexity index is 791. The molecule has 1 N–H and O–H groups in total. The molecule has 0 saturated carbocycles. The van der Waals surface area contributed by atoms with Crippen molar-refractivity contribution >= 4 is 21.8 Å². The number of aliphatic hydroxyl groups excluding tert-OH is 1. The fraction of sp³-hybridized carbons (Fsp3) is 0.316. The van der Waals surface area contributed by atoms with Gasteiger partial charge in [0.25, 0.3) is 5.91 Å². The van der Waals surface area contributed by atoms with Crippen molar-refractivity contribution < 1.29 is 19.0 Å². The van der Waals surface area contributed by atoms with Crippen LogP contribution in [0.15, 0.2) is 40.9 Å². The molecule has 0 spiro atoms. The third-order valence-electron chi connectivity index (χ3n) is 4.27. The number of ether oxygens (including phenoxy) is 1. The van der Waals surface area contributed by atoms with Crippen molar-refractivity contribution in [3.05, 3.63) is 63.4 Å². The monoisotopic (exact) mass is 407 g/mol. The molecule has 1 heterocycles. The van der Waals surface area contributed by atoms with Crippen LogP contribution in [0.5, 0.6) is 5.75 Å². The van der Waals surface area contributed by atoms with Gasteiger partial charge < -0.3 is 14.7 Å². The van der Waals surface area contributed by atoms with Crippen molar-refractivity contribution in [2.45, 2.75) is 26.1 Å². The summed E-state index contributed by atoms with van der Waals surface area (Å²) in [6, 6.07) is 9.93. The number of hydrogen-bond donors (Lipinski definition) is 1. The fourth-order valence-corrected chi connectivity index (χ4v) is 3.39. The van der Waals surface area contributed by atoms with Gasteiger partial charge in [0.15, 0.2) is 0 Å². The Balaban J connectivity index is 1.74. The van der Waals surface area contributed by atoms with E-state index in [2.05, 4.69) is 15.9 Å². The predicted molar refractivity (Wildman–Crippen MR) is 96.3 cm³/mol. The Morgan fingerprint density at radius 3 is 2.72 bits per heavy atom. The average molecular weight is 408 g/mol. The maximum Gasteiger partial charge on any atom is 0.254 e. The van der Waals surface area contributed by atoms with E-state index in [0.29, 0.717) is 15.8 Å². The van der Waals surface area contributed by atoms with Gasteiger partial charge in [-0.05, 0) is 37.6 Å². The van der Waals surface area contributed by atoms with Gasteiger partial charge in [-0.3, -0.25) is 4.79 Å². The van der Waals surface area contributed by atoms with Crippen LogP contribution in [-0.2, 0) is 0 Å². The first kappa shape index (κ1) is 17.9. The maximum absolute atomic E-state index is 13.5. The summed E-state index contributed by atoms with van der Waals surface area (Å²) in [7, 11) is 0. The lowest BCUT2D eigenvalue weighted by Gasteiger charge is -2.18. The van der Waals surface area contributed by atoms with E-state index in [1.165, 1.54) is 12.1 Å². The number of carbonyl (C=O) groups excluding carboxylic acids is 1. The summed E-state index contributed by atoms with van der Waals surface area (Å²) in [4.78, 5) is 14.3. The number of benzene rings is 2. The van der Waals surface area contributed by atoms with Crippen LogP contribution in [0, 0.1) is 19.7 Å². The van der Waals surface area contributed by atoms with Crippen LogP contribution in [0.2, 0.25) is 0 Å². The minimum absolute atomic E-state index is 0.133. The zero-order valence-corrected chi connectivity index (χ0v) is 15.6. The quantitative estimate of drug-likeness (QED) is 0.847. The van der Waals surface area contributed by atoms with Crippen molar-refractivity contribution in [1.29, 1.82) is 0 Å². The molecule has 1 aliphatic heterocycles. The van der Waals surface area contributed by atoms with E-state index < -0.39 is 18.0 Å². The highest BCUT2D eigenvalue weighted by Crippen LogP contribution is 2.25. The summed E-state index contributed by atoms with van der Waals surface area (Å²) < 4.78 is 19.7. The third kappa shape index (κ3) is 4.02. The van der Waals surface area contributed by atoms with Crippen molar-refractivity contribution in [2.24, 2.45) is 0 Å². The number of halogens is 2. The SMILES string of the molecule is Cc1ccc(C)c(C(=O)N2C[C@@H](O)[C@H](Oc3cc(F)cc(Br)c3)C2)c1. The van der Waals surface area contributed by atoms with Gasteiger partial charge in [-0.1, -0.05) is 33.6 Å². The summed E-state index contributed by atoms with van der Waals surface area (Å²) in [5, 5.41) is 10.3. The number of β-amino-alcohol motifs (C(OH)–C–C–N with tert-alkyl or cyclic N) is 1. The Kier molecular flexibility index (Phi) is 5.11. The van der Waals surface area contributed by atoms with Gasteiger partial charge >= 0.3 is 0 Å².